The number of benzene rings is 3. The number of nitrogens with zero attached hydrogens (tertiary/aromatic N) is 1. The summed E-state index contributed by atoms with van der Waals surface area (Å²) in [4.78, 5) is 21.8. The lowest BCUT2D eigenvalue weighted by molar-refractivity contribution is -0.384. The van der Waals surface area contributed by atoms with Gasteiger partial charge in [-0.25, -0.2) is 0 Å². The van der Waals surface area contributed by atoms with Crippen molar-refractivity contribution in [2.75, 3.05) is 5.32 Å². The molecule has 1 amide bonds. The molecule has 0 spiro atoms. The lowest BCUT2D eigenvalue weighted by Crippen LogP contribution is -2.12. The van der Waals surface area contributed by atoms with Gasteiger partial charge in [-0.05, 0) is 29.7 Å². The van der Waals surface area contributed by atoms with Crippen molar-refractivity contribution >= 4 is 38.2 Å². The molecule has 3 aromatic carbocycles. The van der Waals surface area contributed by atoms with E-state index in [0.717, 1.165) is 6.07 Å². The van der Waals surface area contributed by atoms with E-state index in [2.05, 4.69) is 5.32 Å². The molecule has 0 aromatic heterocycles. The smallest absolute Gasteiger partial charge is 0.298 e. The van der Waals surface area contributed by atoms with Crippen LogP contribution in [0.1, 0.15) is 10.4 Å². The van der Waals surface area contributed by atoms with Gasteiger partial charge < -0.3 is 10.4 Å². The number of phenols is 1. The summed E-state index contributed by atoms with van der Waals surface area (Å²) in [7, 11) is -4.66. The Balaban J connectivity index is 2.04. The number of carbonyl (C=O) groups is 1. The molecule has 0 radical (unpaired) electrons. The minimum atomic E-state index is -4.66. The number of fused-ring (bicyclic) bond motifs is 1. The van der Waals surface area contributed by atoms with Crippen LogP contribution in [0.3, 0.4) is 0 Å². The number of rotatable bonds is 4. The van der Waals surface area contributed by atoms with Crippen molar-refractivity contribution in [1.29, 1.82) is 0 Å². The lowest BCUT2D eigenvalue weighted by atomic mass is 10.1. The molecule has 9 nitrogen and oxygen atoms in total. The van der Waals surface area contributed by atoms with Crippen molar-refractivity contribution < 1.29 is 27.8 Å². The van der Waals surface area contributed by atoms with E-state index in [1.165, 1.54) is 36.4 Å². The first-order valence-electron chi connectivity index (χ1n) is 7.46. The fourth-order valence-corrected chi connectivity index (χ4v) is 3.17. The van der Waals surface area contributed by atoms with Crippen LogP contribution in [0.15, 0.2) is 59.5 Å². The van der Waals surface area contributed by atoms with Crippen molar-refractivity contribution in [3.8, 4) is 5.75 Å². The van der Waals surface area contributed by atoms with E-state index in [0.29, 0.717) is 5.39 Å². The summed E-state index contributed by atoms with van der Waals surface area (Å²) in [6.45, 7) is 0. The SMILES string of the molecule is O=C(Nc1cccc2ccc(S(=O)(=O)O)c(O)c12)c1ccc([N+](=O)[O-])cc1. The third-order valence-electron chi connectivity index (χ3n) is 3.85. The molecule has 0 saturated carbocycles. The number of aromatic hydroxyl groups is 1. The summed E-state index contributed by atoms with van der Waals surface area (Å²) < 4.78 is 32.0. The van der Waals surface area contributed by atoms with Crippen molar-refractivity contribution in [3.05, 3.63) is 70.3 Å². The number of amides is 1. The van der Waals surface area contributed by atoms with Gasteiger partial charge in [0.25, 0.3) is 21.7 Å². The number of phenolic OH excluding ortho intramolecular Hbond substituents is 1. The van der Waals surface area contributed by atoms with E-state index in [1.807, 2.05) is 0 Å². The van der Waals surface area contributed by atoms with Crippen molar-refractivity contribution in [3.63, 3.8) is 0 Å². The number of hydrogen-bond acceptors (Lipinski definition) is 6. The van der Waals surface area contributed by atoms with Gasteiger partial charge in [-0.1, -0.05) is 18.2 Å². The van der Waals surface area contributed by atoms with Crippen LogP contribution in [-0.2, 0) is 10.1 Å². The summed E-state index contributed by atoms with van der Waals surface area (Å²) >= 11 is 0. The fraction of sp³-hybridized carbons (Fsp3) is 0. The predicted octanol–water partition coefficient (Wildman–Crippen LogP) is 2.95. The maximum Gasteiger partial charge on any atom is 0.298 e. The quantitative estimate of drug-likeness (QED) is 0.354. The third kappa shape index (κ3) is 3.57. The highest BCUT2D eigenvalue weighted by Gasteiger charge is 2.20. The predicted molar refractivity (Wildman–Crippen MR) is 96.5 cm³/mol. The van der Waals surface area contributed by atoms with Crippen molar-refractivity contribution in [1.82, 2.24) is 0 Å². The molecule has 0 atom stereocenters. The van der Waals surface area contributed by atoms with Gasteiger partial charge in [0.1, 0.15) is 10.6 Å². The summed E-state index contributed by atoms with van der Waals surface area (Å²) in [5.74, 6) is -1.32. The van der Waals surface area contributed by atoms with Gasteiger partial charge in [-0.2, -0.15) is 8.42 Å². The average Bonchev–Trinajstić information content (AvgIpc) is 2.61. The highest BCUT2D eigenvalue weighted by molar-refractivity contribution is 7.86. The zero-order chi connectivity index (χ0) is 19.8. The standard InChI is InChI=1S/C17H12N2O7S/c20-16-14(27(24,25)26)9-6-10-2-1-3-13(15(10)16)18-17(21)11-4-7-12(8-5-11)19(22)23/h1-9,20H,(H,18,21)(H,24,25,26). The molecular weight excluding hydrogens is 376 g/mol. The second-order valence-corrected chi connectivity index (χ2v) is 6.94. The molecule has 0 bridgehead atoms. The van der Waals surface area contributed by atoms with E-state index >= 15 is 0 Å². The number of nitro groups is 1. The molecule has 0 fully saturated rings. The normalized spacial score (nSPS) is 11.3. The Morgan fingerprint density at radius 2 is 1.70 bits per heavy atom. The Labute approximate surface area is 152 Å². The van der Waals surface area contributed by atoms with E-state index < -0.39 is 31.6 Å². The number of hydrogen-bond donors (Lipinski definition) is 3. The largest absolute Gasteiger partial charge is 0.506 e. The minimum Gasteiger partial charge on any atom is -0.506 e. The average molecular weight is 388 g/mol. The van der Waals surface area contributed by atoms with Crippen LogP contribution in [0.25, 0.3) is 10.8 Å². The van der Waals surface area contributed by atoms with Crippen LogP contribution in [0.5, 0.6) is 5.75 Å². The molecule has 3 aromatic rings. The number of non-ortho nitro benzene ring substituents is 1. The van der Waals surface area contributed by atoms with Crippen LogP contribution < -0.4 is 5.32 Å². The Bertz CT molecular complexity index is 1170. The van der Waals surface area contributed by atoms with Crippen LogP contribution in [0.4, 0.5) is 11.4 Å². The first kappa shape index (κ1) is 18.3. The van der Waals surface area contributed by atoms with Crippen molar-refractivity contribution in [2.45, 2.75) is 4.90 Å². The molecule has 0 heterocycles. The molecule has 0 saturated heterocycles. The lowest BCUT2D eigenvalue weighted by Gasteiger charge is -2.12. The molecule has 3 rings (SSSR count). The van der Waals surface area contributed by atoms with Crippen LogP contribution in [-0.4, -0.2) is 28.9 Å². The van der Waals surface area contributed by atoms with E-state index in [1.54, 1.807) is 12.1 Å². The number of nitro benzene ring substituents is 1. The topological polar surface area (TPSA) is 147 Å². The molecule has 0 aliphatic heterocycles. The van der Waals surface area contributed by atoms with Gasteiger partial charge in [0, 0.05) is 23.1 Å². The Kier molecular flexibility index (Phi) is 4.52. The maximum absolute atomic E-state index is 12.4. The van der Waals surface area contributed by atoms with Gasteiger partial charge in [0.2, 0.25) is 0 Å². The molecule has 138 valence electrons. The number of carbonyl (C=O) groups excluding carboxylic acids is 1. The summed E-state index contributed by atoms with van der Waals surface area (Å²) in [5.41, 5.74) is 0.0639. The molecule has 0 aliphatic carbocycles. The third-order valence-corrected chi connectivity index (χ3v) is 4.73. The Morgan fingerprint density at radius 1 is 1.04 bits per heavy atom. The van der Waals surface area contributed by atoms with Gasteiger partial charge in [-0.15, -0.1) is 0 Å². The molecule has 0 unspecified atom stereocenters. The van der Waals surface area contributed by atoms with Gasteiger partial charge in [0.05, 0.1) is 10.6 Å². The van der Waals surface area contributed by atoms with Crippen molar-refractivity contribution in [2.24, 2.45) is 0 Å². The van der Waals surface area contributed by atoms with Crippen LogP contribution >= 0.6 is 0 Å². The zero-order valence-electron chi connectivity index (χ0n) is 13.5. The number of anilines is 1. The molecule has 3 N–H and O–H groups in total. The summed E-state index contributed by atoms with van der Waals surface area (Å²) in [6.07, 6.45) is 0. The second kappa shape index (κ2) is 6.67. The molecule has 10 heteroatoms. The first-order chi connectivity index (χ1) is 12.7. The number of nitrogens with one attached hydrogen (secondary N) is 1. The fourth-order valence-electron chi connectivity index (χ4n) is 2.58. The van der Waals surface area contributed by atoms with E-state index in [4.69, 9.17) is 0 Å². The van der Waals surface area contributed by atoms with Gasteiger partial charge in [0.15, 0.2) is 0 Å². The molecular formula is C17H12N2O7S. The Hall–Kier alpha value is -3.50. The highest BCUT2D eigenvalue weighted by atomic mass is 32.2. The molecule has 0 aliphatic rings. The second-order valence-electron chi connectivity index (χ2n) is 5.55. The van der Waals surface area contributed by atoms with Gasteiger partial charge in [-0.3, -0.25) is 19.5 Å². The zero-order valence-corrected chi connectivity index (χ0v) is 14.3. The maximum atomic E-state index is 12.4. The Morgan fingerprint density at radius 3 is 2.30 bits per heavy atom. The first-order valence-corrected chi connectivity index (χ1v) is 8.90. The van der Waals surface area contributed by atoms with E-state index in [-0.39, 0.29) is 22.3 Å². The van der Waals surface area contributed by atoms with Crippen LogP contribution in [0, 0.1) is 10.1 Å². The van der Waals surface area contributed by atoms with Crippen LogP contribution in [0.2, 0.25) is 0 Å². The summed E-state index contributed by atoms with van der Waals surface area (Å²) in [5, 5.41) is 23.9. The monoisotopic (exact) mass is 388 g/mol. The van der Waals surface area contributed by atoms with Gasteiger partial charge >= 0.3 is 0 Å². The highest BCUT2D eigenvalue weighted by Crippen LogP contribution is 2.36. The summed E-state index contributed by atoms with van der Waals surface area (Å²) in [6, 6.07) is 11.9. The molecule has 27 heavy (non-hydrogen) atoms. The van der Waals surface area contributed by atoms with E-state index in [9.17, 15) is 33.0 Å². The minimum absolute atomic E-state index is 0.0305.